The molecule has 0 unspecified atom stereocenters. The summed E-state index contributed by atoms with van der Waals surface area (Å²) < 4.78 is 58.0. The molecule has 4 aromatic rings. The van der Waals surface area contributed by atoms with E-state index in [9.17, 15) is 17.6 Å². The highest BCUT2D eigenvalue weighted by Crippen LogP contribution is 2.42. The topological polar surface area (TPSA) is 61.6 Å². The van der Waals surface area contributed by atoms with Crippen LogP contribution in [-0.4, -0.2) is 75.1 Å². The monoisotopic (exact) mass is 561 g/mol. The van der Waals surface area contributed by atoms with Crippen LogP contribution < -0.4 is 10.2 Å². The van der Waals surface area contributed by atoms with Crippen LogP contribution in [0.5, 0.6) is 0 Å². The smallest absolute Gasteiger partial charge is 0.329 e. The molecular weight excluding hydrogens is 530 g/mol. The number of rotatable bonds is 10. The lowest BCUT2D eigenvalue weighted by Gasteiger charge is -2.26. The van der Waals surface area contributed by atoms with Crippen LogP contribution >= 0.6 is 11.3 Å². The Hall–Kier alpha value is -3.09. The number of hydrogen-bond acceptors (Lipinski definition) is 7. The number of anilines is 1. The van der Waals surface area contributed by atoms with Gasteiger partial charge in [-0.3, -0.25) is 4.90 Å². The molecule has 1 N–H and O–H groups in total. The van der Waals surface area contributed by atoms with Crippen molar-refractivity contribution in [2.24, 2.45) is 0 Å². The highest BCUT2D eigenvalue weighted by atomic mass is 32.1. The summed E-state index contributed by atoms with van der Waals surface area (Å²) in [4.78, 5) is 13.6. The van der Waals surface area contributed by atoms with Gasteiger partial charge in [0.25, 0.3) is 0 Å². The molecule has 39 heavy (non-hydrogen) atoms. The Morgan fingerprint density at radius 3 is 2.46 bits per heavy atom. The molecule has 1 fully saturated rings. The molecule has 0 aromatic carbocycles. The van der Waals surface area contributed by atoms with Gasteiger partial charge in [-0.1, -0.05) is 19.9 Å². The van der Waals surface area contributed by atoms with Gasteiger partial charge in [-0.25, -0.2) is 14.5 Å². The lowest BCUT2D eigenvalue weighted by Crippen LogP contribution is -2.40. The fourth-order valence-electron chi connectivity index (χ4n) is 4.91. The van der Waals surface area contributed by atoms with Gasteiger partial charge in [0.1, 0.15) is 5.82 Å². The maximum atomic E-state index is 14.1. The van der Waals surface area contributed by atoms with Gasteiger partial charge in [0, 0.05) is 25.3 Å². The molecule has 0 spiro atoms. The number of halogens is 4. The maximum absolute atomic E-state index is 14.1. The minimum Gasteiger partial charge on any atom is -0.344 e. The number of alkyl halides is 4. The number of hydrogen-bond donors (Lipinski definition) is 1. The summed E-state index contributed by atoms with van der Waals surface area (Å²) in [7, 11) is 0. The van der Waals surface area contributed by atoms with E-state index in [1.807, 2.05) is 29.6 Å². The predicted octanol–water partition coefficient (Wildman–Crippen LogP) is 5.43. The van der Waals surface area contributed by atoms with Crippen LogP contribution in [0, 0.1) is 0 Å². The summed E-state index contributed by atoms with van der Waals surface area (Å²) in [6.07, 6.45) is 3.41. The van der Waals surface area contributed by atoms with E-state index in [0.29, 0.717) is 30.0 Å². The third-order valence-electron chi connectivity index (χ3n) is 7.13. The number of thiophene rings is 1. The molecule has 0 aliphatic carbocycles. The fourth-order valence-corrected chi connectivity index (χ4v) is 5.61. The van der Waals surface area contributed by atoms with Crippen molar-refractivity contribution < 1.29 is 17.6 Å². The first-order valence-electron chi connectivity index (χ1n) is 13.0. The van der Waals surface area contributed by atoms with Gasteiger partial charge in [-0.2, -0.15) is 22.7 Å². The van der Waals surface area contributed by atoms with Gasteiger partial charge in [-0.15, -0.1) is 11.3 Å². The summed E-state index contributed by atoms with van der Waals surface area (Å²) in [5.74, 6) is -8.19. The highest BCUT2D eigenvalue weighted by Gasteiger charge is 2.63. The number of aromatic nitrogens is 4. The Morgan fingerprint density at radius 1 is 1.05 bits per heavy atom. The average Bonchev–Trinajstić information content (AvgIpc) is 3.62. The van der Waals surface area contributed by atoms with Crippen LogP contribution in [0.25, 0.3) is 27.5 Å². The van der Waals surface area contributed by atoms with Crippen LogP contribution in [0.15, 0.2) is 48.1 Å². The van der Waals surface area contributed by atoms with E-state index in [0.717, 1.165) is 34.1 Å². The number of nitrogens with one attached hydrogen (secondary N) is 1. The second kappa shape index (κ2) is 10.8. The Kier molecular flexibility index (Phi) is 7.62. The van der Waals surface area contributed by atoms with E-state index in [1.165, 1.54) is 0 Å². The fraction of sp³-hybridized carbons (Fsp3) is 0.444. The molecular formula is C27H31F4N7S. The standard InChI is InChI=1S/C27H31F4N7S/c1-4-36(5-2)18(3)13-32-14-19-11-22(34-24(12-19)37-16-26(28,29)27(30,31)17-37)20-15-33-38-9-8-21(35-25(20)38)23-7-6-10-39-23/h6-12,15,18,32H,4-5,13-14,16-17H2,1-3H3/t18-/m0/s1. The Bertz CT molecular complexity index is 1400. The van der Waals surface area contributed by atoms with Crippen molar-refractivity contribution in [2.45, 2.75) is 45.2 Å². The second-order valence-corrected chi connectivity index (χ2v) is 10.7. The Morgan fingerprint density at radius 2 is 1.79 bits per heavy atom. The van der Waals surface area contributed by atoms with Crippen LogP contribution in [-0.2, 0) is 6.54 Å². The van der Waals surface area contributed by atoms with E-state index in [-0.39, 0.29) is 11.9 Å². The van der Waals surface area contributed by atoms with Crippen molar-refractivity contribution in [3.63, 3.8) is 0 Å². The zero-order chi connectivity index (χ0) is 27.8. The minimum absolute atomic E-state index is 0.0757. The zero-order valence-electron chi connectivity index (χ0n) is 22.0. The largest absolute Gasteiger partial charge is 0.344 e. The molecule has 1 saturated heterocycles. The Balaban J connectivity index is 1.50. The van der Waals surface area contributed by atoms with E-state index >= 15 is 0 Å². The van der Waals surface area contributed by atoms with Gasteiger partial charge in [0.05, 0.1) is 41.1 Å². The molecule has 0 radical (unpaired) electrons. The molecule has 12 heteroatoms. The van der Waals surface area contributed by atoms with E-state index in [2.05, 4.69) is 41.1 Å². The first-order chi connectivity index (χ1) is 18.6. The summed E-state index contributed by atoms with van der Waals surface area (Å²) in [6, 6.07) is 9.50. The predicted molar refractivity (Wildman–Crippen MR) is 146 cm³/mol. The van der Waals surface area contributed by atoms with Gasteiger partial charge in [0.15, 0.2) is 5.65 Å². The molecule has 5 rings (SSSR count). The SMILES string of the molecule is CCN(CC)[C@@H](C)CNCc1cc(-c2cnn3ccc(-c4cccs4)nc23)nc(N2CC(F)(F)C(F)(F)C2)c1. The summed E-state index contributed by atoms with van der Waals surface area (Å²) in [5, 5.41) is 9.77. The van der Waals surface area contributed by atoms with Gasteiger partial charge >= 0.3 is 11.8 Å². The first kappa shape index (κ1) is 27.5. The molecule has 5 heterocycles. The first-order valence-corrected chi connectivity index (χ1v) is 13.8. The summed E-state index contributed by atoms with van der Waals surface area (Å²) >= 11 is 1.56. The average molecular weight is 562 g/mol. The van der Waals surface area contributed by atoms with Gasteiger partial charge in [-0.05, 0) is 55.2 Å². The van der Waals surface area contributed by atoms with Crippen LogP contribution in [0.2, 0.25) is 0 Å². The molecule has 0 saturated carbocycles. The van der Waals surface area contributed by atoms with Gasteiger partial charge < -0.3 is 10.2 Å². The molecule has 0 amide bonds. The van der Waals surface area contributed by atoms with E-state index in [1.54, 1.807) is 34.3 Å². The van der Waals surface area contributed by atoms with Crippen molar-refractivity contribution in [3.8, 4) is 21.8 Å². The van der Waals surface area contributed by atoms with Crippen molar-refractivity contribution in [3.05, 3.63) is 53.7 Å². The number of nitrogens with zero attached hydrogens (tertiary/aromatic N) is 6. The second-order valence-electron chi connectivity index (χ2n) is 9.80. The van der Waals surface area contributed by atoms with Crippen LogP contribution in [0.3, 0.4) is 0 Å². The lowest BCUT2D eigenvalue weighted by atomic mass is 10.1. The zero-order valence-corrected chi connectivity index (χ0v) is 22.9. The number of likely N-dealkylation sites (N-methyl/N-ethyl adjacent to an activating group) is 1. The molecule has 4 aromatic heterocycles. The van der Waals surface area contributed by atoms with Crippen molar-refractivity contribution in [1.29, 1.82) is 0 Å². The number of pyridine rings is 1. The van der Waals surface area contributed by atoms with Crippen LogP contribution in [0.4, 0.5) is 23.4 Å². The third-order valence-corrected chi connectivity index (χ3v) is 8.03. The van der Waals surface area contributed by atoms with Crippen molar-refractivity contribution in [2.75, 3.05) is 37.6 Å². The van der Waals surface area contributed by atoms with Crippen molar-refractivity contribution >= 4 is 22.8 Å². The molecule has 1 aliphatic heterocycles. The van der Waals surface area contributed by atoms with Crippen LogP contribution in [0.1, 0.15) is 26.3 Å². The minimum atomic E-state index is -4.14. The highest BCUT2D eigenvalue weighted by molar-refractivity contribution is 7.13. The quantitative estimate of drug-likeness (QED) is 0.261. The summed E-state index contributed by atoms with van der Waals surface area (Å²) in [5.41, 5.74) is 3.07. The third kappa shape index (κ3) is 5.50. The Labute approximate surface area is 228 Å². The molecule has 208 valence electrons. The maximum Gasteiger partial charge on any atom is 0.329 e. The normalized spacial score (nSPS) is 17.4. The van der Waals surface area contributed by atoms with Crippen molar-refractivity contribution in [1.82, 2.24) is 29.8 Å². The molecule has 1 aliphatic rings. The van der Waals surface area contributed by atoms with Gasteiger partial charge in [0.2, 0.25) is 0 Å². The molecule has 1 atom stereocenters. The van der Waals surface area contributed by atoms with E-state index < -0.39 is 24.9 Å². The lowest BCUT2D eigenvalue weighted by molar-refractivity contribution is -0.172. The molecule has 7 nitrogen and oxygen atoms in total. The number of fused-ring (bicyclic) bond motifs is 1. The summed E-state index contributed by atoms with van der Waals surface area (Å²) in [6.45, 7) is 7.13. The molecule has 0 bridgehead atoms. The van der Waals surface area contributed by atoms with E-state index in [4.69, 9.17) is 4.98 Å².